The fourth-order valence-corrected chi connectivity index (χ4v) is 3.80. The summed E-state index contributed by atoms with van der Waals surface area (Å²) in [6.07, 6.45) is 4.24. The van der Waals surface area contributed by atoms with Gasteiger partial charge in [0, 0.05) is 39.3 Å². The summed E-state index contributed by atoms with van der Waals surface area (Å²) in [5.41, 5.74) is -0.498. The van der Waals surface area contributed by atoms with E-state index < -0.39 is 5.60 Å². The van der Waals surface area contributed by atoms with Gasteiger partial charge in [0.15, 0.2) is 5.96 Å². The van der Waals surface area contributed by atoms with Crippen LogP contribution in [0.3, 0.4) is 0 Å². The first-order valence-corrected chi connectivity index (χ1v) is 11.1. The molecule has 0 bridgehead atoms. The van der Waals surface area contributed by atoms with Crippen molar-refractivity contribution in [2.45, 2.75) is 77.5 Å². The molecular formula is C21H39N5O4. The van der Waals surface area contributed by atoms with Gasteiger partial charge in [-0.05, 0) is 59.8 Å². The number of rotatable bonds is 4. The van der Waals surface area contributed by atoms with Crippen LogP contribution in [-0.4, -0.2) is 85.5 Å². The van der Waals surface area contributed by atoms with E-state index in [-0.39, 0.29) is 24.3 Å². The number of nitrogens with zero attached hydrogens (tertiary/aromatic N) is 3. The summed E-state index contributed by atoms with van der Waals surface area (Å²) in [6, 6.07) is 0.327. The number of guanidine groups is 1. The highest BCUT2D eigenvalue weighted by Crippen LogP contribution is 2.20. The standard InChI is InChI=1S/C21H39N5O4/c1-6-29-19(27)25-13-10-16(11-14-25)24-18(22-5)23-15-17-9-7-8-12-26(17)20(28)30-21(2,3)4/h16-17H,6-15H2,1-5H3,(H2,22,23,24). The van der Waals surface area contributed by atoms with E-state index in [0.717, 1.165) is 44.6 Å². The van der Waals surface area contributed by atoms with Crippen LogP contribution < -0.4 is 10.6 Å². The highest BCUT2D eigenvalue weighted by molar-refractivity contribution is 5.80. The van der Waals surface area contributed by atoms with Crippen LogP contribution in [0.25, 0.3) is 0 Å². The molecule has 172 valence electrons. The number of likely N-dealkylation sites (tertiary alicyclic amines) is 2. The molecule has 1 atom stereocenters. The molecule has 0 spiro atoms. The Labute approximate surface area is 180 Å². The first-order chi connectivity index (χ1) is 14.2. The van der Waals surface area contributed by atoms with Gasteiger partial charge in [-0.15, -0.1) is 0 Å². The average Bonchev–Trinajstić information content (AvgIpc) is 2.70. The van der Waals surface area contributed by atoms with Crippen LogP contribution in [0, 0.1) is 0 Å². The maximum absolute atomic E-state index is 12.6. The Bertz CT molecular complexity index is 597. The lowest BCUT2D eigenvalue weighted by atomic mass is 10.0. The van der Waals surface area contributed by atoms with E-state index in [4.69, 9.17) is 9.47 Å². The zero-order valence-corrected chi connectivity index (χ0v) is 19.2. The van der Waals surface area contributed by atoms with Crippen molar-refractivity contribution in [2.24, 2.45) is 4.99 Å². The van der Waals surface area contributed by atoms with Gasteiger partial charge < -0.3 is 29.9 Å². The van der Waals surface area contributed by atoms with Crippen molar-refractivity contribution in [2.75, 3.05) is 39.8 Å². The third-order valence-corrected chi connectivity index (χ3v) is 5.35. The van der Waals surface area contributed by atoms with E-state index in [2.05, 4.69) is 15.6 Å². The molecule has 0 saturated carbocycles. The predicted molar refractivity (Wildman–Crippen MR) is 117 cm³/mol. The van der Waals surface area contributed by atoms with Crippen molar-refractivity contribution in [3.63, 3.8) is 0 Å². The average molecular weight is 426 g/mol. The van der Waals surface area contributed by atoms with Crippen molar-refractivity contribution >= 4 is 18.1 Å². The van der Waals surface area contributed by atoms with Gasteiger partial charge in [0.05, 0.1) is 12.6 Å². The summed E-state index contributed by atoms with van der Waals surface area (Å²) >= 11 is 0. The summed E-state index contributed by atoms with van der Waals surface area (Å²) in [5.74, 6) is 0.722. The number of aliphatic imine (C=N–C) groups is 1. The van der Waals surface area contributed by atoms with Crippen LogP contribution in [0.2, 0.25) is 0 Å². The van der Waals surface area contributed by atoms with E-state index in [1.807, 2.05) is 32.6 Å². The van der Waals surface area contributed by atoms with Gasteiger partial charge in [0.1, 0.15) is 5.60 Å². The molecule has 0 aromatic heterocycles. The maximum Gasteiger partial charge on any atom is 0.410 e. The van der Waals surface area contributed by atoms with Crippen molar-refractivity contribution in [1.29, 1.82) is 0 Å². The second-order valence-corrected chi connectivity index (χ2v) is 8.88. The number of ether oxygens (including phenoxy) is 2. The summed E-state index contributed by atoms with van der Waals surface area (Å²) in [7, 11) is 1.75. The van der Waals surface area contributed by atoms with E-state index >= 15 is 0 Å². The molecule has 1 unspecified atom stereocenters. The number of piperidine rings is 2. The molecule has 0 aliphatic carbocycles. The molecule has 2 rings (SSSR count). The van der Waals surface area contributed by atoms with Crippen LogP contribution in [0.4, 0.5) is 9.59 Å². The molecule has 2 fully saturated rings. The topological polar surface area (TPSA) is 95.5 Å². The Morgan fingerprint density at radius 3 is 2.37 bits per heavy atom. The van der Waals surface area contributed by atoms with Crippen molar-refractivity contribution in [3.05, 3.63) is 0 Å². The van der Waals surface area contributed by atoms with Crippen LogP contribution >= 0.6 is 0 Å². The number of hydrogen-bond acceptors (Lipinski definition) is 5. The van der Waals surface area contributed by atoms with Crippen LogP contribution in [-0.2, 0) is 9.47 Å². The molecule has 2 heterocycles. The monoisotopic (exact) mass is 425 g/mol. The summed E-state index contributed by atoms with van der Waals surface area (Å²) in [4.78, 5) is 32.3. The summed E-state index contributed by atoms with van der Waals surface area (Å²) in [5, 5.41) is 6.82. The third kappa shape index (κ3) is 7.57. The predicted octanol–water partition coefficient (Wildman–Crippen LogP) is 2.56. The van der Waals surface area contributed by atoms with Gasteiger partial charge in [-0.2, -0.15) is 0 Å². The van der Waals surface area contributed by atoms with Gasteiger partial charge in [0.25, 0.3) is 0 Å². The number of hydrogen-bond donors (Lipinski definition) is 2. The van der Waals surface area contributed by atoms with Gasteiger partial charge in [-0.1, -0.05) is 0 Å². The molecule has 30 heavy (non-hydrogen) atoms. The number of carbonyl (C=O) groups is 2. The first kappa shape index (κ1) is 24.1. The molecule has 2 amide bonds. The minimum Gasteiger partial charge on any atom is -0.450 e. The Kier molecular flexibility index (Phi) is 9.05. The maximum atomic E-state index is 12.6. The number of amides is 2. The molecule has 0 aromatic carbocycles. The Balaban J connectivity index is 1.81. The highest BCUT2D eigenvalue weighted by atomic mass is 16.6. The van der Waals surface area contributed by atoms with Gasteiger partial charge in [-0.25, -0.2) is 9.59 Å². The lowest BCUT2D eigenvalue weighted by molar-refractivity contribution is 0.0104. The van der Waals surface area contributed by atoms with Crippen LogP contribution in [0.15, 0.2) is 4.99 Å². The summed E-state index contributed by atoms with van der Waals surface area (Å²) < 4.78 is 10.7. The molecule has 2 aliphatic rings. The number of carbonyl (C=O) groups excluding carboxylic acids is 2. The second kappa shape index (κ2) is 11.3. The summed E-state index contributed by atoms with van der Waals surface area (Å²) in [6.45, 7) is 10.6. The van der Waals surface area contributed by atoms with E-state index in [1.54, 1.807) is 11.9 Å². The van der Waals surface area contributed by atoms with Crippen molar-refractivity contribution in [3.8, 4) is 0 Å². The smallest absolute Gasteiger partial charge is 0.410 e. The number of nitrogens with one attached hydrogen (secondary N) is 2. The molecule has 9 nitrogen and oxygen atoms in total. The minimum atomic E-state index is -0.498. The largest absolute Gasteiger partial charge is 0.450 e. The van der Waals surface area contributed by atoms with Gasteiger partial charge >= 0.3 is 12.2 Å². The minimum absolute atomic E-state index is 0.0813. The lowest BCUT2D eigenvalue weighted by Crippen LogP contribution is -2.54. The molecule has 0 radical (unpaired) electrons. The fourth-order valence-electron chi connectivity index (χ4n) is 3.80. The SMILES string of the molecule is CCOC(=O)N1CCC(NC(=NC)NCC2CCCCN2C(=O)OC(C)(C)C)CC1. The van der Waals surface area contributed by atoms with Gasteiger partial charge in [-0.3, -0.25) is 4.99 Å². The normalized spacial score (nSPS) is 21.2. The second-order valence-electron chi connectivity index (χ2n) is 8.88. The highest BCUT2D eigenvalue weighted by Gasteiger charge is 2.31. The zero-order chi connectivity index (χ0) is 22.1. The Hall–Kier alpha value is -2.19. The molecule has 0 aromatic rings. The van der Waals surface area contributed by atoms with Crippen molar-refractivity contribution < 1.29 is 19.1 Å². The molecule has 2 aliphatic heterocycles. The quantitative estimate of drug-likeness (QED) is 0.531. The van der Waals surface area contributed by atoms with Crippen molar-refractivity contribution in [1.82, 2.24) is 20.4 Å². The Morgan fingerprint density at radius 2 is 1.77 bits per heavy atom. The molecular weight excluding hydrogens is 386 g/mol. The molecule has 9 heteroatoms. The van der Waals surface area contributed by atoms with E-state index in [9.17, 15) is 9.59 Å². The Morgan fingerprint density at radius 1 is 1.07 bits per heavy atom. The molecule has 2 N–H and O–H groups in total. The molecule has 2 saturated heterocycles. The zero-order valence-electron chi connectivity index (χ0n) is 19.2. The van der Waals surface area contributed by atoms with E-state index in [1.165, 1.54) is 0 Å². The fraction of sp³-hybridized carbons (Fsp3) is 0.857. The van der Waals surface area contributed by atoms with E-state index in [0.29, 0.717) is 26.2 Å². The van der Waals surface area contributed by atoms with Gasteiger partial charge in [0.2, 0.25) is 0 Å². The third-order valence-electron chi connectivity index (χ3n) is 5.35. The lowest BCUT2D eigenvalue weighted by Gasteiger charge is -2.37. The first-order valence-electron chi connectivity index (χ1n) is 11.1. The van der Waals surface area contributed by atoms with Crippen LogP contribution in [0.5, 0.6) is 0 Å². The van der Waals surface area contributed by atoms with Crippen LogP contribution in [0.1, 0.15) is 59.8 Å².